The van der Waals surface area contributed by atoms with Crippen molar-refractivity contribution >= 4 is 29.1 Å². The second kappa shape index (κ2) is 5.82. The van der Waals surface area contributed by atoms with Crippen molar-refractivity contribution in [1.29, 1.82) is 5.26 Å². The maximum atomic E-state index is 10.6. The third-order valence-corrected chi connectivity index (χ3v) is 4.27. The number of aryl methyl sites for hydroxylation is 1. The van der Waals surface area contributed by atoms with Gasteiger partial charge in [0.1, 0.15) is 11.1 Å². The van der Waals surface area contributed by atoms with Gasteiger partial charge in [-0.2, -0.15) is 5.26 Å². The van der Waals surface area contributed by atoms with E-state index in [1.807, 2.05) is 6.92 Å². The van der Waals surface area contributed by atoms with Crippen LogP contribution in [0.4, 0.5) is 0 Å². The summed E-state index contributed by atoms with van der Waals surface area (Å²) in [4.78, 5) is 19.0. The van der Waals surface area contributed by atoms with E-state index in [0.29, 0.717) is 20.6 Å². The van der Waals surface area contributed by atoms with Crippen LogP contribution in [0.15, 0.2) is 27.0 Å². The van der Waals surface area contributed by atoms with Gasteiger partial charge in [0.05, 0.1) is 17.7 Å². The van der Waals surface area contributed by atoms with E-state index in [2.05, 4.69) is 16.0 Å². The minimum absolute atomic E-state index is 0.0938. The van der Waals surface area contributed by atoms with Gasteiger partial charge in [0, 0.05) is 11.6 Å². The molecule has 2 aromatic rings. The first-order valence-electron chi connectivity index (χ1n) is 5.30. The molecule has 0 amide bonds. The zero-order valence-corrected chi connectivity index (χ0v) is 11.6. The molecule has 2 heterocycles. The number of rotatable bonds is 4. The highest BCUT2D eigenvalue weighted by Gasteiger charge is 2.12. The summed E-state index contributed by atoms with van der Waals surface area (Å²) < 4.78 is 0.686. The van der Waals surface area contributed by atoms with Crippen LogP contribution >= 0.6 is 23.1 Å². The van der Waals surface area contributed by atoms with E-state index < -0.39 is 5.97 Å². The number of carbonyl (C=O) groups is 1. The van der Waals surface area contributed by atoms with Gasteiger partial charge in [-0.05, 0) is 30.3 Å². The molecule has 0 radical (unpaired) electrons. The second-order valence-electron chi connectivity index (χ2n) is 3.70. The molecule has 7 heteroatoms. The van der Waals surface area contributed by atoms with Crippen molar-refractivity contribution in [2.75, 3.05) is 0 Å². The molecule has 5 nitrogen and oxygen atoms in total. The summed E-state index contributed by atoms with van der Waals surface area (Å²) in [6.07, 6.45) is 1.55. The Kier molecular flexibility index (Phi) is 4.14. The normalized spacial score (nSPS) is 10.1. The Morgan fingerprint density at radius 3 is 3.11 bits per heavy atom. The molecule has 2 rings (SSSR count). The van der Waals surface area contributed by atoms with Crippen molar-refractivity contribution in [3.8, 4) is 6.07 Å². The Balaban J connectivity index is 2.22. The maximum absolute atomic E-state index is 10.6. The summed E-state index contributed by atoms with van der Waals surface area (Å²) >= 11 is 2.63. The summed E-state index contributed by atoms with van der Waals surface area (Å²) in [5.74, 6) is -0.909. The van der Waals surface area contributed by atoms with Crippen molar-refractivity contribution in [1.82, 2.24) is 9.97 Å². The SMILES string of the molecule is Cc1ccnc(Sc2nc(CC(=O)O)cs2)c1C#N. The Morgan fingerprint density at radius 2 is 2.42 bits per heavy atom. The molecular weight excluding hydrogens is 282 g/mol. The Bertz CT molecular complexity index is 661. The molecule has 0 unspecified atom stereocenters. The number of nitrogens with zero attached hydrogens (tertiary/aromatic N) is 3. The Hall–Kier alpha value is -1.91. The van der Waals surface area contributed by atoms with Crippen LogP contribution in [0.3, 0.4) is 0 Å². The lowest BCUT2D eigenvalue weighted by Crippen LogP contribution is -1.99. The topological polar surface area (TPSA) is 86.9 Å². The predicted octanol–water partition coefficient (Wildman–Crippen LogP) is 2.50. The monoisotopic (exact) mass is 291 g/mol. The molecule has 1 N–H and O–H groups in total. The van der Waals surface area contributed by atoms with E-state index in [-0.39, 0.29) is 6.42 Å². The number of hydrogen-bond acceptors (Lipinski definition) is 6. The first-order valence-corrected chi connectivity index (χ1v) is 6.99. The zero-order valence-electron chi connectivity index (χ0n) is 9.95. The summed E-state index contributed by atoms with van der Waals surface area (Å²) in [6.45, 7) is 1.85. The molecule has 0 saturated carbocycles. The van der Waals surface area contributed by atoms with Gasteiger partial charge >= 0.3 is 5.97 Å². The van der Waals surface area contributed by atoms with E-state index in [1.54, 1.807) is 17.6 Å². The minimum atomic E-state index is -0.909. The van der Waals surface area contributed by atoms with Crippen molar-refractivity contribution in [3.05, 3.63) is 34.5 Å². The maximum Gasteiger partial charge on any atom is 0.309 e. The van der Waals surface area contributed by atoms with Gasteiger partial charge in [-0.25, -0.2) is 9.97 Å². The summed E-state index contributed by atoms with van der Waals surface area (Å²) in [6, 6.07) is 3.90. The van der Waals surface area contributed by atoms with Gasteiger partial charge in [-0.15, -0.1) is 11.3 Å². The Labute approximate surface area is 117 Å². The average Bonchev–Trinajstić information content (AvgIpc) is 2.76. The standard InChI is InChI=1S/C12H9N3O2S2/c1-7-2-3-14-11(9(7)5-13)19-12-15-8(6-18-12)4-10(16)17/h2-3,6H,4H2,1H3,(H,16,17). The van der Waals surface area contributed by atoms with E-state index in [9.17, 15) is 4.79 Å². The molecule has 0 spiro atoms. The largest absolute Gasteiger partial charge is 0.481 e. The number of thiazole rings is 1. The number of aromatic nitrogens is 2. The molecule has 0 aliphatic carbocycles. The highest BCUT2D eigenvalue weighted by molar-refractivity contribution is 8.01. The zero-order chi connectivity index (χ0) is 13.8. The number of aliphatic carboxylic acids is 1. The minimum Gasteiger partial charge on any atom is -0.481 e. The van der Waals surface area contributed by atoms with E-state index >= 15 is 0 Å². The summed E-state index contributed by atoms with van der Waals surface area (Å²) in [7, 11) is 0. The van der Waals surface area contributed by atoms with Gasteiger partial charge in [0.15, 0.2) is 4.34 Å². The first kappa shape index (κ1) is 13.5. The fourth-order valence-corrected chi connectivity index (χ4v) is 3.27. The number of pyridine rings is 1. The van der Waals surface area contributed by atoms with Gasteiger partial charge in [0.25, 0.3) is 0 Å². The molecule has 0 saturated heterocycles. The van der Waals surface area contributed by atoms with Gasteiger partial charge in [0.2, 0.25) is 0 Å². The van der Waals surface area contributed by atoms with Crippen molar-refractivity contribution < 1.29 is 9.90 Å². The van der Waals surface area contributed by atoms with Crippen molar-refractivity contribution in [3.63, 3.8) is 0 Å². The van der Waals surface area contributed by atoms with Crippen LogP contribution in [0.1, 0.15) is 16.8 Å². The number of carboxylic acids is 1. The first-order chi connectivity index (χ1) is 9.10. The molecule has 0 bridgehead atoms. The molecule has 0 aliphatic rings. The summed E-state index contributed by atoms with van der Waals surface area (Å²) in [5.41, 5.74) is 1.91. The third kappa shape index (κ3) is 3.30. The summed E-state index contributed by atoms with van der Waals surface area (Å²) in [5, 5.41) is 20.1. The fourth-order valence-electron chi connectivity index (χ4n) is 1.40. The quantitative estimate of drug-likeness (QED) is 0.931. The lowest BCUT2D eigenvalue weighted by Gasteiger charge is -2.02. The Morgan fingerprint density at radius 1 is 1.63 bits per heavy atom. The van der Waals surface area contributed by atoms with Crippen LogP contribution in [-0.4, -0.2) is 21.0 Å². The highest BCUT2D eigenvalue weighted by Crippen LogP contribution is 2.31. The number of hydrogen-bond donors (Lipinski definition) is 1. The third-order valence-electron chi connectivity index (χ3n) is 2.28. The molecule has 0 aliphatic heterocycles. The van der Waals surface area contributed by atoms with Gasteiger partial charge in [-0.1, -0.05) is 0 Å². The van der Waals surface area contributed by atoms with Crippen LogP contribution in [0, 0.1) is 18.3 Å². The average molecular weight is 291 g/mol. The van der Waals surface area contributed by atoms with Crippen LogP contribution in [0.5, 0.6) is 0 Å². The lowest BCUT2D eigenvalue weighted by molar-refractivity contribution is -0.136. The molecule has 19 heavy (non-hydrogen) atoms. The molecule has 0 fully saturated rings. The predicted molar refractivity (Wildman–Crippen MR) is 71.3 cm³/mol. The molecule has 0 atom stereocenters. The van der Waals surface area contributed by atoms with E-state index in [1.165, 1.54) is 23.1 Å². The lowest BCUT2D eigenvalue weighted by atomic mass is 10.2. The van der Waals surface area contributed by atoms with Crippen molar-refractivity contribution in [2.24, 2.45) is 0 Å². The van der Waals surface area contributed by atoms with Gasteiger partial charge in [-0.3, -0.25) is 4.79 Å². The second-order valence-corrected chi connectivity index (χ2v) is 5.79. The fraction of sp³-hybridized carbons (Fsp3) is 0.167. The van der Waals surface area contributed by atoms with E-state index in [0.717, 1.165) is 5.56 Å². The molecule has 2 aromatic heterocycles. The molecule has 0 aromatic carbocycles. The van der Waals surface area contributed by atoms with Gasteiger partial charge < -0.3 is 5.11 Å². The van der Waals surface area contributed by atoms with Crippen LogP contribution in [-0.2, 0) is 11.2 Å². The van der Waals surface area contributed by atoms with Crippen molar-refractivity contribution in [2.45, 2.75) is 22.7 Å². The highest BCUT2D eigenvalue weighted by atomic mass is 32.2. The van der Waals surface area contributed by atoms with E-state index in [4.69, 9.17) is 10.4 Å². The van der Waals surface area contributed by atoms with Crippen LogP contribution < -0.4 is 0 Å². The number of carboxylic acid groups (broad SMARTS) is 1. The molecule has 96 valence electrons. The molecular formula is C12H9N3O2S2. The number of nitriles is 1. The van der Waals surface area contributed by atoms with Crippen LogP contribution in [0.2, 0.25) is 0 Å². The smallest absolute Gasteiger partial charge is 0.309 e. The van der Waals surface area contributed by atoms with Crippen LogP contribution in [0.25, 0.3) is 0 Å².